The van der Waals surface area contributed by atoms with Gasteiger partial charge in [-0.3, -0.25) is 0 Å². The summed E-state index contributed by atoms with van der Waals surface area (Å²) in [5.74, 6) is 0. The highest BCUT2D eigenvalue weighted by Crippen LogP contribution is 2.24. The molecule has 10 atom stereocenters. The molecule has 23 heavy (non-hydrogen) atoms. The first-order chi connectivity index (χ1) is 10.8. The quantitative estimate of drug-likeness (QED) is 0.243. The van der Waals surface area contributed by atoms with Crippen molar-refractivity contribution in [3.8, 4) is 0 Å². The van der Waals surface area contributed by atoms with Crippen LogP contribution in [-0.4, -0.2) is 115 Å². The average molecular weight is 342 g/mol. The van der Waals surface area contributed by atoms with Crippen LogP contribution in [0.5, 0.6) is 0 Å². The summed E-state index contributed by atoms with van der Waals surface area (Å²) in [5.41, 5.74) is 0. The van der Waals surface area contributed by atoms with E-state index in [1.54, 1.807) is 0 Å². The van der Waals surface area contributed by atoms with Gasteiger partial charge in [-0.2, -0.15) is 0 Å². The van der Waals surface area contributed by atoms with Gasteiger partial charge >= 0.3 is 0 Å². The molecule has 2 rings (SSSR count). The molecule has 8 N–H and O–H groups in total. The molecule has 2 aliphatic rings. The molecule has 2 heterocycles. The smallest absolute Gasteiger partial charge is 0.186 e. The number of rotatable bonds is 4. The molecule has 0 aromatic heterocycles. The van der Waals surface area contributed by atoms with Gasteiger partial charge in [0.25, 0.3) is 0 Å². The largest absolute Gasteiger partial charge is 0.394 e. The van der Waals surface area contributed by atoms with Crippen molar-refractivity contribution in [3.05, 3.63) is 0 Å². The van der Waals surface area contributed by atoms with E-state index in [1.165, 1.54) is 0 Å². The Morgan fingerprint density at radius 1 is 0.652 bits per heavy atom. The number of aliphatic hydroxyl groups excluding tert-OH is 8. The first-order valence-electron chi connectivity index (χ1n) is 7.07. The minimum Gasteiger partial charge on any atom is -0.394 e. The molecule has 0 aromatic rings. The van der Waals surface area contributed by atoms with Crippen molar-refractivity contribution in [2.45, 2.75) is 61.4 Å². The van der Waals surface area contributed by atoms with Crippen LogP contribution in [0.25, 0.3) is 0 Å². The van der Waals surface area contributed by atoms with Crippen LogP contribution in [0, 0.1) is 0 Å². The van der Waals surface area contributed by atoms with Crippen molar-refractivity contribution in [2.75, 3.05) is 13.2 Å². The summed E-state index contributed by atoms with van der Waals surface area (Å²) < 4.78 is 15.1. The zero-order valence-electron chi connectivity index (χ0n) is 12.0. The van der Waals surface area contributed by atoms with Crippen LogP contribution < -0.4 is 0 Å². The van der Waals surface area contributed by atoms with Crippen LogP contribution in [0.2, 0.25) is 0 Å². The van der Waals surface area contributed by atoms with Gasteiger partial charge in [-0.25, -0.2) is 0 Å². The van der Waals surface area contributed by atoms with Crippen LogP contribution in [-0.2, 0) is 14.2 Å². The van der Waals surface area contributed by atoms with E-state index in [9.17, 15) is 35.7 Å². The molecular weight excluding hydrogens is 320 g/mol. The Hall–Kier alpha value is -0.440. The monoisotopic (exact) mass is 342 g/mol. The van der Waals surface area contributed by atoms with Gasteiger partial charge in [-0.1, -0.05) is 0 Å². The maximum atomic E-state index is 9.78. The lowest BCUT2D eigenvalue weighted by atomic mass is 9.98. The Labute approximate surface area is 130 Å². The third-order valence-corrected chi connectivity index (χ3v) is 3.96. The van der Waals surface area contributed by atoms with E-state index < -0.39 is 74.6 Å². The van der Waals surface area contributed by atoms with Crippen LogP contribution in [0.3, 0.4) is 0 Å². The second-order valence-electron chi connectivity index (χ2n) is 5.57. The Morgan fingerprint density at radius 2 is 1.22 bits per heavy atom. The van der Waals surface area contributed by atoms with Gasteiger partial charge in [0.15, 0.2) is 12.6 Å². The lowest BCUT2D eigenvalue weighted by Crippen LogP contribution is -2.61. The van der Waals surface area contributed by atoms with Crippen LogP contribution in [0.1, 0.15) is 0 Å². The highest BCUT2D eigenvalue weighted by atomic mass is 16.7. The summed E-state index contributed by atoms with van der Waals surface area (Å²) in [4.78, 5) is 0. The summed E-state index contributed by atoms with van der Waals surface area (Å²) in [6.45, 7) is -1.10. The number of hydrogen-bond donors (Lipinski definition) is 8. The lowest BCUT2D eigenvalue weighted by molar-refractivity contribution is -0.325. The third kappa shape index (κ3) is 3.81. The highest BCUT2D eigenvalue weighted by molar-refractivity contribution is 4.91. The van der Waals surface area contributed by atoms with Crippen molar-refractivity contribution in [1.29, 1.82) is 0 Å². The van der Waals surface area contributed by atoms with Crippen LogP contribution >= 0.6 is 0 Å². The lowest BCUT2D eigenvalue weighted by Gasteiger charge is -2.41. The van der Waals surface area contributed by atoms with Crippen molar-refractivity contribution >= 4 is 0 Å². The molecule has 0 unspecified atom stereocenters. The van der Waals surface area contributed by atoms with Gasteiger partial charge in [-0.05, 0) is 0 Å². The molecule has 0 aromatic carbocycles. The fourth-order valence-electron chi connectivity index (χ4n) is 2.46. The summed E-state index contributed by atoms with van der Waals surface area (Å²) in [5, 5.41) is 76.1. The Balaban J connectivity index is 1.94. The summed E-state index contributed by atoms with van der Waals surface area (Å²) >= 11 is 0. The second kappa shape index (κ2) is 7.63. The van der Waals surface area contributed by atoms with E-state index in [-0.39, 0.29) is 0 Å². The molecule has 11 nitrogen and oxygen atoms in total. The topological polar surface area (TPSA) is 190 Å². The van der Waals surface area contributed by atoms with Gasteiger partial charge in [-0.15, -0.1) is 0 Å². The second-order valence-corrected chi connectivity index (χ2v) is 5.57. The van der Waals surface area contributed by atoms with Crippen LogP contribution in [0.15, 0.2) is 0 Å². The van der Waals surface area contributed by atoms with Gasteiger partial charge in [0.1, 0.15) is 48.8 Å². The molecule has 0 aliphatic carbocycles. The van der Waals surface area contributed by atoms with E-state index in [2.05, 4.69) is 0 Å². The molecular formula is C12H22O11. The highest BCUT2D eigenvalue weighted by Gasteiger charge is 2.46. The van der Waals surface area contributed by atoms with E-state index >= 15 is 0 Å². The third-order valence-electron chi connectivity index (χ3n) is 3.96. The van der Waals surface area contributed by atoms with Crippen LogP contribution in [0.4, 0.5) is 0 Å². The number of hydrogen-bond acceptors (Lipinski definition) is 11. The normalized spacial score (nSPS) is 51.7. The molecule has 0 amide bonds. The van der Waals surface area contributed by atoms with Crippen molar-refractivity contribution in [3.63, 3.8) is 0 Å². The fourth-order valence-corrected chi connectivity index (χ4v) is 2.46. The molecule has 0 spiro atoms. The predicted octanol–water partition coefficient (Wildman–Crippen LogP) is -5.40. The van der Waals surface area contributed by atoms with Gasteiger partial charge in [0.2, 0.25) is 0 Å². The number of ether oxygens (including phenoxy) is 3. The number of aliphatic hydroxyl groups is 8. The van der Waals surface area contributed by atoms with Crippen molar-refractivity contribution < 1.29 is 55.1 Å². The predicted molar refractivity (Wildman–Crippen MR) is 68.6 cm³/mol. The molecule has 136 valence electrons. The minimum absolute atomic E-state index is 0.468. The Kier molecular flexibility index (Phi) is 6.27. The molecule has 2 fully saturated rings. The van der Waals surface area contributed by atoms with Crippen molar-refractivity contribution in [1.82, 2.24) is 0 Å². The summed E-state index contributed by atoms with van der Waals surface area (Å²) in [6, 6.07) is 0. The molecule has 2 saturated heterocycles. The molecule has 11 heteroatoms. The zero-order valence-corrected chi connectivity index (χ0v) is 12.0. The Bertz CT molecular complexity index is 380. The van der Waals surface area contributed by atoms with E-state index in [4.69, 9.17) is 19.3 Å². The molecule has 0 bridgehead atoms. The van der Waals surface area contributed by atoms with Gasteiger partial charge in [0, 0.05) is 0 Å². The van der Waals surface area contributed by atoms with Gasteiger partial charge < -0.3 is 55.1 Å². The average Bonchev–Trinajstić information content (AvgIpc) is 2.54. The van der Waals surface area contributed by atoms with E-state index in [1.807, 2.05) is 0 Å². The maximum Gasteiger partial charge on any atom is 0.186 e. The molecule has 0 radical (unpaired) electrons. The Morgan fingerprint density at radius 3 is 1.83 bits per heavy atom. The zero-order chi connectivity index (χ0) is 17.3. The van der Waals surface area contributed by atoms with Crippen molar-refractivity contribution in [2.24, 2.45) is 0 Å². The molecule has 2 aliphatic heterocycles. The summed E-state index contributed by atoms with van der Waals surface area (Å²) in [6.07, 6.45) is -15.3. The SMILES string of the molecule is OC[C@@H]1O[C@@H](OC[C@H]2O[C@H](O)[C@H](O)[C@@H](O)[C@@H]2O)[C@H](O)[C@H](O)[C@H]1O. The van der Waals surface area contributed by atoms with Gasteiger partial charge in [0.05, 0.1) is 13.2 Å². The summed E-state index contributed by atoms with van der Waals surface area (Å²) in [7, 11) is 0. The fraction of sp³-hybridized carbons (Fsp3) is 1.00. The maximum absolute atomic E-state index is 9.78. The molecule has 0 saturated carbocycles. The van der Waals surface area contributed by atoms with E-state index in [0.717, 1.165) is 0 Å². The first-order valence-corrected chi connectivity index (χ1v) is 7.07. The van der Waals surface area contributed by atoms with E-state index in [0.29, 0.717) is 0 Å². The standard InChI is InChI=1S/C12H22O11/c13-1-3-5(14)8(17)10(19)12(23-3)21-2-4-6(15)7(16)9(18)11(20)22-4/h3-20H,1-2H2/t3-,4+,5-,6+,7-,8+,9+,10+,11-,12+/m0/s1. The first kappa shape index (κ1) is 18.9. The minimum atomic E-state index is -1.74.